The minimum atomic E-state index is -0.433. The fraction of sp³-hybridized carbons (Fsp3) is 0.615. The van der Waals surface area contributed by atoms with Crippen LogP contribution in [0.15, 0.2) is 12.3 Å². The van der Waals surface area contributed by atoms with Gasteiger partial charge in [-0.3, -0.25) is 0 Å². The fourth-order valence-electron chi connectivity index (χ4n) is 1.48. The molecule has 1 atom stereocenters. The van der Waals surface area contributed by atoms with Crippen molar-refractivity contribution in [3.63, 3.8) is 0 Å². The van der Waals surface area contributed by atoms with Crippen molar-refractivity contribution >= 4 is 11.8 Å². The SMILES string of the molecule is CCOc1nccc(C(N)CSCC(C)C)c1F. The van der Waals surface area contributed by atoms with Crippen molar-refractivity contribution in [3.05, 3.63) is 23.6 Å². The molecular weight excluding hydrogens is 251 g/mol. The third kappa shape index (κ3) is 4.46. The first-order valence-corrected chi connectivity index (χ1v) is 7.32. The van der Waals surface area contributed by atoms with Gasteiger partial charge in [-0.15, -0.1) is 0 Å². The Hall–Kier alpha value is -0.810. The molecule has 0 aliphatic heterocycles. The highest BCUT2D eigenvalue weighted by atomic mass is 32.2. The molecule has 1 unspecified atom stereocenters. The molecule has 0 fully saturated rings. The number of ether oxygens (including phenoxy) is 1. The van der Waals surface area contributed by atoms with Crippen LogP contribution in [0, 0.1) is 11.7 Å². The summed E-state index contributed by atoms with van der Waals surface area (Å²) in [6.45, 7) is 6.49. The first-order valence-electron chi connectivity index (χ1n) is 6.16. The van der Waals surface area contributed by atoms with E-state index in [1.807, 2.05) is 0 Å². The molecule has 0 aromatic carbocycles. The van der Waals surface area contributed by atoms with Gasteiger partial charge in [0.05, 0.1) is 6.61 Å². The Kier molecular flexibility index (Phi) is 6.43. The van der Waals surface area contributed by atoms with Crippen molar-refractivity contribution in [3.8, 4) is 5.88 Å². The Morgan fingerprint density at radius 1 is 1.44 bits per heavy atom. The third-order valence-electron chi connectivity index (χ3n) is 2.32. The maximum atomic E-state index is 14.0. The van der Waals surface area contributed by atoms with E-state index in [2.05, 4.69) is 18.8 Å². The molecule has 0 amide bonds. The van der Waals surface area contributed by atoms with Crippen LogP contribution in [-0.2, 0) is 0 Å². The van der Waals surface area contributed by atoms with Gasteiger partial charge in [-0.2, -0.15) is 11.8 Å². The van der Waals surface area contributed by atoms with Gasteiger partial charge in [-0.25, -0.2) is 9.37 Å². The molecule has 0 saturated carbocycles. The molecule has 2 N–H and O–H groups in total. The van der Waals surface area contributed by atoms with Gasteiger partial charge in [0.1, 0.15) is 0 Å². The van der Waals surface area contributed by atoms with E-state index in [-0.39, 0.29) is 11.9 Å². The summed E-state index contributed by atoms with van der Waals surface area (Å²) < 4.78 is 19.1. The van der Waals surface area contributed by atoms with Crippen molar-refractivity contribution < 1.29 is 9.13 Å². The van der Waals surface area contributed by atoms with Crippen LogP contribution in [0.3, 0.4) is 0 Å². The van der Waals surface area contributed by atoms with E-state index in [4.69, 9.17) is 10.5 Å². The van der Waals surface area contributed by atoms with Crippen LogP contribution in [0.5, 0.6) is 5.88 Å². The first-order chi connectivity index (χ1) is 8.56. The van der Waals surface area contributed by atoms with Crippen LogP contribution in [0.4, 0.5) is 4.39 Å². The first kappa shape index (κ1) is 15.2. The van der Waals surface area contributed by atoms with E-state index >= 15 is 0 Å². The monoisotopic (exact) mass is 272 g/mol. The molecule has 3 nitrogen and oxygen atoms in total. The van der Waals surface area contributed by atoms with Crippen LogP contribution in [0.1, 0.15) is 32.4 Å². The Morgan fingerprint density at radius 3 is 2.78 bits per heavy atom. The summed E-state index contributed by atoms with van der Waals surface area (Å²) in [4.78, 5) is 3.86. The zero-order chi connectivity index (χ0) is 13.5. The fourth-order valence-corrected chi connectivity index (χ4v) is 2.52. The summed E-state index contributed by atoms with van der Waals surface area (Å²) in [5.74, 6) is 1.95. The average Bonchev–Trinajstić information content (AvgIpc) is 2.31. The second-order valence-corrected chi connectivity index (χ2v) is 5.57. The second kappa shape index (κ2) is 7.59. The van der Waals surface area contributed by atoms with Crippen molar-refractivity contribution in [2.75, 3.05) is 18.1 Å². The normalized spacial score (nSPS) is 12.8. The lowest BCUT2D eigenvalue weighted by Crippen LogP contribution is -2.16. The van der Waals surface area contributed by atoms with Gasteiger partial charge in [0.25, 0.3) is 5.88 Å². The Bertz CT molecular complexity index is 374. The molecule has 0 bridgehead atoms. The predicted octanol–water partition coefficient (Wildman–Crippen LogP) is 3.01. The van der Waals surface area contributed by atoms with Gasteiger partial charge >= 0.3 is 0 Å². The molecule has 0 spiro atoms. The Balaban J connectivity index is 2.67. The van der Waals surface area contributed by atoms with Crippen molar-refractivity contribution in [2.24, 2.45) is 11.7 Å². The third-order valence-corrected chi connectivity index (χ3v) is 3.81. The molecule has 1 aromatic rings. The zero-order valence-corrected chi connectivity index (χ0v) is 12.0. The van der Waals surface area contributed by atoms with E-state index in [0.29, 0.717) is 23.8 Å². The van der Waals surface area contributed by atoms with Crippen molar-refractivity contribution in [1.29, 1.82) is 0 Å². The smallest absolute Gasteiger partial charge is 0.250 e. The minimum Gasteiger partial charge on any atom is -0.476 e. The Labute approximate surface area is 112 Å². The van der Waals surface area contributed by atoms with Crippen molar-refractivity contribution in [1.82, 2.24) is 4.98 Å². The summed E-state index contributed by atoms with van der Waals surface area (Å²) in [5, 5.41) is 0. The number of rotatable bonds is 7. The molecule has 1 rings (SSSR count). The van der Waals surface area contributed by atoms with E-state index in [1.165, 1.54) is 6.20 Å². The van der Waals surface area contributed by atoms with E-state index in [9.17, 15) is 4.39 Å². The predicted molar refractivity (Wildman–Crippen MR) is 74.5 cm³/mol. The summed E-state index contributed by atoms with van der Waals surface area (Å²) in [5.41, 5.74) is 6.48. The van der Waals surface area contributed by atoms with Crippen molar-refractivity contribution in [2.45, 2.75) is 26.8 Å². The molecule has 0 radical (unpaired) electrons. The van der Waals surface area contributed by atoms with Gasteiger partial charge < -0.3 is 10.5 Å². The lowest BCUT2D eigenvalue weighted by Gasteiger charge is -2.14. The Morgan fingerprint density at radius 2 is 2.17 bits per heavy atom. The zero-order valence-electron chi connectivity index (χ0n) is 11.1. The van der Waals surface area contributed by atoms with Gasteiger partial charge in [-0.1, -0.05) is 13.8 Å². The average molecular weight is 272 g/mol. The molecule has 0 saturated heterocycles. The summed E-state index contributed by atoms with van der Waals surface area (Å²) in [6.07, 6.45) is 1.54. The molecule has 5 heteroatoms. The van der Waals surface area contributed by atoms with Gasteiger partial charge in [0, 0.05) is 23.6 Å². The van der Waals surface area contributed by atoms with Crippen LogP contribution in [0.25, 0.3) is 0 Å². The number of nitrogens with two attached hydrogens (primary N) is 1. The standard InChI is InChI=1S/C13H21FN2OS/c1-4-17-13-12(14)10(5-6-16-13)11(15)8-18-7-9(2)3/h5-6,9,11H,4,7-8,15H2,1-3H3. The largest absolute Gasteiger partial charge is 0.476 e. The van der Waals surface area contributed by atoms with E-state index < -0.39 is 5.82 Å². The highest BCUT2D eigenvalue weighted by Crippen LogP contribution is 2.24. The van der Waals surface area contributed by atoms with Crippen LogP contribution < -0.4 is 10.5 Å². The van der Waals surface area contributed by atoms with Gasteiger partial charge in [-0.05, 0) is 24.7 Å². The number of hydrogen-bond acceptors (Lipinski definition) is 4. The minimum absolute atomic E-state index is 0.0410. The summed E-state index contributed by atoms with van der Waals surface area (Å²) >= 11 is 1.74. The van der Waals surface area contributed by atoms with Crippen LogP contribution >= 0.6 is 11.8 Å². The number of hydrogen-bond donors (Lipinski definition) is 1. The molecule has 1 heterocycles. The maximum Gasteiger partial charge on any atom is 0.250 e. The maximum absolute atomic E-state index is 14.0. The lowest BCUT2D eigenvalue weighted by molar-refractivity contribution is 0.305. The molecule has 1 aromatic heterocycles. The van der Waals surface area contributed by atoms with Crippen LogP contribution in [0.2, 0.25) is 0 Å². The summed E-state index contributed by atoms with van der Waals surface area (Å²) in [6, 6.07) is 1.30. The molecule has 18 heavy (non-hydrogen) atoms. The number of pyridine rings is 1. The molecule has 0 aliphatic rings. The van der Waals surface area contributed by atoms with E-state index in [1.54, 1.807) is 24.8 Å². The van der Waals surface area contributed by atoms with Gasteiger partial charge in [0.15, 0.2) is 5.82 Å². The lowest BCUT2D eigenvalue weighted by atomic mass is 10.1. The number of thioether (sulfide) groups is 1. The number of halogens is 1. The molecule has 0 aliphatic carbocycles. The topological polar surface area (TPSA) is 48.1 Å². The van der Waals surface area contributed by atoms with Crippen LogP contribution in [-0.4, -0.2) is 23.1 Å². The number of nitrogens with zero attached hydrogens (tertiary/aromatic N) is 1. The second-order valence-electron chi connectivity index (χ2n) is 4.49. The number of aromatic nitrogens is 1. The summed E-state index contributed by atoms with van der Waals surface area (Å²) in [7, 11) is 0. The highest BCUT2D eigenvalue weighted by molar-refractivity contribution is 7.99. The van der Waals surface area contributed by atoms with E-state index in [0.717, 1.165) is 5.75 Å². The molecule has 102 valence electrons. The van der Waals surface area contributed by atoms with Gasteiger partial charge in [0.2, 0.25) is 0 Å². The quantitative estimate of drug-likeness (QED) is 0.829. The molecular formula is C13H21FN2OS. The highest BCUT2D eigenvalue weighted by Gasteiger charge is 2.16.